The fraction of sp³-hybridized carbons (Fsp3) is 0.312. The van der Waals surface area contributed by atoms with Crippen LogP contribution < -0.4 is 0 Å². The van der Waals surface area contributed by atoms with Crippen molar-refractivity contribution in [3.05, 3.63) is 93.6 Å². The molecule has 0 heterocycles. The Hall–Kier alpha value is -3.40. The molecule has 1 saturated carbocycles. The van der Waals surface area contributed by atoms with Gasteiger partial charge in [-0.2, -0.15) is 0 Å². The molecule has 0 heteroatoms. The second-order valence-electron chi connectivity index (χ2n) is 8.75. The first-order chi connectivity index (χ1) is 15.5. The van der Waals surface area contributed by atoms with Crippen LogP contribution in [0.4, 0.5) is 0 Å². The van der Waals surface area contributed by atoms with E-state index in [1.54, 1.807) is 0 Å². The zero-order chi connectivity index (χ0) is 22.8. The minimum absolute atomic E-state index is 0.582. The van der Waals surface area contributed by atoms with E-state index < -0.39 is 0 Å². The molecule has 3 rings (SSSR count). The molecule has 0 N–H and O–H groups in total. The number of benzene rings is 2. The van der Waals surface area contributed by atoms with E-state index >= 15 is 0 Å². The maximum atomic E-state index is 5.37. The highest BCUT2D eigenvalue weighted by molar-refractivity contribution is 5.52. The normalized spacial score (nSPS) is 14.6. The molecule has 0 nitrogen and oxygen atoms in total. The van der Waals surface area contributed by atoms with E-state index in [2.05, 4.69) is 85.1 Å². The smallest absolute Gasteiger partial charge is 0.0296 e. The third-order valence-electron chi connectivity index (χ3n) is 5.89. The lowest BCUT2D eigenvalue weighted by Gasteiger charge is -2.23. The minimum atomic E-state index is 0.582. The summed E-state index contributed by atoms with van der Waals surface area (Å²) in [6, 6.07) is 15.0. The van der Waals surface area contributed by atoms with Gasteiger partial charge < -0.3 is 0 Å². The van der Waals surface area contributed by atoms with Crippen LogP contribution in [0.25, 0.3) is 0 Å². The molecular weight excluding hydrogens is 384 g/mol. The van der Waals surface area contributed by atoms with E-state index in [1.165, 1.54) is 48.8 Å². The molecule has 0 radical (unpaired) electrons. The highest BCUT2D eigenvalue weighted by Crippen LogP contribution is 2.34. The molecule has 2 aromatic rings. The minimum Gasteiger partial charge on any atom is -0.120 e. The molecule has 1 fully saturated rings. The van der Waals surface area contributed by atoms with Gasteiger partial charge in [-0.05, 0) is 81.0 Å². The average Bonchev–Trinajstić information content (AvgIpc) is 2.82. The van der Waals surface area contributed by atoms with Gasteiger partial charge in [-0.1, -0.05) is 78.4 Å². The van der Waals surface area contributed by atoms with Crippen LogP contribution in [0.5, 0.6) is 0 Å². The molecule has 1 aliphatic rings. The highest BCUT2D eigenvalue weighted by Gasteiger charge is 2.18. The first kappa shape index (κ1) is 23.3. The van der Waals surface area contributed by atoms with Crippen molar-refractivity contribution in [2.24, 2.45) is 0 Å². The summed E-state index contributed by atoms with van der Waals surface area (Å²) >= 11 is 0. The van der Waals surface area contributed by atoms with E-state index in [-0.39, 0.29) is 0 Å². The summed E-state index contributed by atoms with van der Waals surface area (Å²) in [6.45, 7) is 6.18. The van der Waals surface area contributed by atoms with Crippen LogP contribution in [0.1, 0.15) is 86.1 Å². The first-order valence-electron chi connectivity index (χ1n) is 11.6. The topological polar surface area (TPSA) is 0 Å². The van der Waals surface area contributed by atoms with Crippen molar-refractivity contribution in [3.8, 4) is 36.0 Å². The number of hydrogen-bond donors (Lipinski definition) is 0. The second kappa shape index (κ2) is 11.8. The van der Waals surface area contributed by atoms with Crippen molar-refractivity contribution in [3.63, 3.8) is 0 Å². The summed E-state index contributed by atoms with van der Waals surface area (Å²) in [5.41, 5.74) is 8.08. The Morgan fingerprint density at radius 3 is 2.34 bits per heavy atom. The number of aryl methyl sites for hydroxylation is 1. The van der Waals surface area contributed by atoms with Gasteiger partial charge in [0.1, 0.15) is 0 Å². The summed E-state index contributed by atoms with van der Waals surface area (Å²) in [7, 11) is 0. The summed E-state index contributed by atoms with van der Waals surface area (Å²) in [6.07, 6.45) is 16.6. The van der Waals surface area contributed by atoms with Gasteiger partial charge >= 0.3 is 0 Å². The quantitative estimate of drug-likeness (QED) is 0.355. The van der Waals surface area contributed by atoms with E-state index in [4.69, 9.17) is 6.42 Å². The van der Waals surface area contributed by atoms with E-state index in [0.717, 1.165) is 22.3 Å². The van der Waals surface area contributed by atoms with Crippen molar-refractivity contribution >= 4 is 0 Å². The highest BCUT2D eigenvalue weighted by atomic mass is 14.2. The fourth-order valence-electron chi connectivity index (χ4n) is 3.98. The largest absolute Gasteiger partial charge is 0.120 e. The molecule has 0 spiro atoms. The van der Waals surface area contributed by atoms with Gasteiger partial charge in [0.25, 0.3) is 0 Å². The summed E-state index contributed by atoms with van der Waals surface area (Å²) in [4.78, 5) is 0. The van der Waals surface area contributed by atoms with Crippen molar-refractivity contribution in [2.45, 2.75) is 65.2 Å². The van der Waals surface area contributed by atoms with Crippen LogP contribution in [-0.2, 0) is 0 Å². The molecule has 0 saturated heterocycles. The molecule has 0 amide bonds. The number of allylic oxidation sites excluding steroid dienone is 4. The predicted octanol–water partition coefficient (Wildman–Crippen LogP) is 7.71. The Balaban J connectivity index is 1.89. The van der Waals surface area contributed by atoms with Crippen molar-refractivity contribution in [1.29, 1.82) is 0 Å². The lowest BCUT2D eigenvalue weighted by Crippen LogP contribution is -2.06. The molecule has 1 aliphatic carbocycles. The first-order valence-corrected chi connectivity index (χ1v) is 11.6. The third kappa shape index (κ3) is 7.09. The van der Waals surface area contributed by atoms with Crippen molar-refractivity contribution < 1.29 is 0 Å². The lowest BCUT2D eigenvalue weighted by molar-refractivity contribution is 0.443. The van der Waals surface area contributed by atoms with E-state index in [1.807, 2.05) is 19.9 Å². The number of rotatable bonds is 3. The van der Waals surface area contributed by atoms with Crippen LogP contribution in [0, 0.1) is 42.9 Å². The van der Waals surface area contributed by atoms with Gasteiger partial charge in [0, 0.05) is 23.1 Å². The van der Waals surface area contributed by atoms with Gasteiger partial charge in [0.2, 0.25) is 0 Å². The Kier molecular flexibility index (Phi) is 8.61. The summed E-state index contributed by atoms with van der Waals surface area (Å²) in [5.74, 6) is 16.7. The van der Waals surface area contributed by atoms with Gasteiger partial charge in [-0.15, -0.1) is 12.3 Å². The number of terminal acetylenes is 1. The van der Waals surface area contributed by atoms with Crippen LogP contribution in [0.2, 0.25) is 0 Å². The van der Waals surface area contributed by atoms with Gasteiger partial charge in [0.15, 0.2) is 0 Å². The molecule has 0 atom stereocenters. The Labute approximate surface area is 194 Å². The second-order valence-corrected chi connectivity index (χ2v) is 8.75. The molecule has 2 aromatic carbocycles. The molecule has 0 aliphatic heterocycles. The van der Waals surface area contributed by atoms with Crippen LogP contribution >= 0.6 is 0 Å². The maximum Gasteiger partial charge on any atom is 0.0296 e. The van der Waals surface area contributed by atoms with Crippen LogP contribution in [-0.4, -0.2) is 0 Å². The zero-order valence-electron chi connectivity index (χ0n) is 19.6. The standard InChI is InChI=1S/C32H32/c1-5-9-25(2)12-13-26(3)16-19-29-21-23-31(22-20-28-17-14-27(4)15-18-28)32(24-29)30-10-7-6-8-11-30/h1,12-15,17-18,21,23-24,30H,6-11H2,2-4H3/b25-12-,26-13+. The average molecular weight is 417 g/mol. The SMILES string of the molecule is C#CC/C(C)=C\C=C(/C)C#Cc1ccc(C#Cc2ccc(C)cc2)c(C2CCCCC2)c1. The zero-order valence-corrected chi connectivity index (χ0v) is 19.6. The van der Waals surface area contributed by atoms with Gasteiger partial charge in [-0.25, -0.2) is 0 Å². The summed E-state index contributed by atoms with van der Waals surface area (Å²) < 4.78 is 0. The molecular formula is C32H32. The molecule has 32 heavy (non-hydrogen) atoms. The molecule has 0 aromatic heterocycles. The van der Waals surface area contributed by atoms with Crippen LogP contribution in [0.15, 0.2) is 65.8 Å². The predicted molar refractivity (Wildman–Crippen MR) is 137 cm³/mol. The Morgan fingerprint density at radius 2 is 1.62 bits per heavy atom. The van der Waals surface area contributed by atoms with E-state index in [9.17, 15) is 0 Å². The summed E-state index contributed by atoms with van der Waals surface area (Å²) in [5, 5.41) is 0. The molecule has 0 unspecified atom stereocenters. The van der Waals surface area contributed by atoms with Crippen molar-refractivity contribution in [1.82, 2.24) is 0 Å². The van der Waals surface area contributed by atoms with Gasteiger partial charge in [-0.3, -0.25) is 0 Å². The van der Waals surface area contributed by atoms with Crippen LogP contribution in [0.3, 0.4) is 0 Å². The van der Waals surface area contributed by atoms with Crippen molar-refractivity contribution in [2.75, 3.05) is 0 Å². The fourth-order valence-corrected chi connectivity index (χ4v) is 3.98. The monoisotopic (exact) mass is 416 g/mol. The number of hydrogen-bond acceptors (Lipinski definition) is 0. The van der Waals surface area contributed by atoms with Gasteiger partial charge in [0.05, 0.1) is 0 Å². The third-order valence-corrected chi connectivity index (χ3v) is 5.89. The Bertz CT molecular complexity index is 1150. The van der Waals surface area contributed by atoms with E-state index in [0.29, 0.717) is 12.3 Å². The molecule has 160 valence electrons. The maximum absolute atomic E-state index is 5.37. The molecule has 0 bridgehead atoms. The Morgan fingerprint density at radius 1 is 0.906 bits per heavy atom. The lowest BCUT2D eigenvalue weighted by atomic mass is 9.81.